The van der Waals surface area contributed by atoms with Crippen molar-refractivity contribution >= 4 is 5.96 Å². The van der Waals surface area contributed by atoms with Crippen LogP contribution >= 0.6 is 0 Å². The Bertz CT molecular complexity index is 505. The van der Waals surface area contributed by atoms with E-state index in [4.69, 9.17) is 14.2 Å². The van der Waals surface area contributed by atoms with Gasteiger partial charge < -0.3 is 24.8 Å². The minimum Gasteiger partial charge on any atom is -0.494 e. The summed E-state index contributed by atoms with van der Waals surface area (Å²) in [5.74, 6) is 2.44. The van der Waals surface area contributed by atoms with Crippen LogP contribution in [0, 0.1) is 5.92 Å². The molecule has 152 valence electrons. The van der Waals surface area contributed by atoms with Crippen LogP contribution in [0.4, 0.5) is 0 Å². The molecule has 1 aliphatic heterocycles. The Kier molecular flexibility index (Phi) is 11.4. The maximum absolute atomic E-state index is 5.80. The lowest BCUT2D eigenvalue weighted by molar-refractivity contribution is 0.0203. The Morgan fingerprint density at radius 2 is 1.93 bits per heavy atom. The van der Waals surface area contributed by atoms with Crippen LogP contribution in [0.3, 0.4) is 0 Å². The summed E-state index contributed by atoms with van der Waals surface area (Å²) in [6.45, 7) is 8.62. The van der Waals surface area contributed by atoms with Gasteiger partial charge in [-0.1, -0.05) is 18.2 Å². The molecule has 1 aromatic rings. The molecule has 1 heterocycles. The van der Waals surface area contributed by atoms with E-state index in [1.54, 1.807) is 0 Å². The molecule has 0 unspecified atom stereocenters. The smallest absolute Gasteiger partial charge is 0.191 e. The van der Waals surface area contributed by atoms with Crippen LogP contribution in [-0.4, -0.2) is 58.6 Å². The van der Waals surface area contributed by atoms with E-state index in [0.29, 0.717) is 12.5 Å². The van der Waals surface area contributed by atoms with E-state index >= 15 is 0 Å². The third kappa shape index (κ3) is 10.2. The molecule has 6 nitrogen and oxygen atoms in total. The fraction of sp³-hybridized carbons (Fsp3) is 0.667. The molecule has 27 heavy (non-hydrogen) atoms. The molecule has 6 heteroatoms. The third-order valence-corrected chi connectivity index (χ3v) is 4.38. The average molecular weight is 378 g/mol. The number of guanidine groups is 1. The van der Waals surface area contributed by atoms with Crippen molar-refractivity contribution in [2.45, 2.75) is 32.6 Å². The van der Waals surface area contributed by atoms with Crippen LogP contribution in [0.15, 0.2) is 35.3 Å². The maximum Gasteiger partial charge on any atom is 0.191 e. The molecule has 0 saturated carbocycles. The Morgan fingerprint density at radius 1 is 1.11 bits per heavy atom. The number of nitrogens with zero attached hydrogens (tertiary/aromatic N) is 1. The molecule has 1 aliphatic rings. The number of para-hydroxylation sites is 1. The lowest BCUT2D eigenvalue weighted by atomic mass is 10.0. The molecule has 2 N–H and O–H groups in total. The third-order valence-electron chi connectivity index (χ3n) is 4.38. The summed E-state index contributed by atoms with van der Waals surface area (Å²) < 4.78 is 16.9. The number of rotatable bonds is 12. The van der Waals surface area contributed by atoms with Gasteiger partial charge in [0.1, 0.15) is 5.75 Å². The molecule has 0 bridgehead atoms. The highest BCUT2D eigenvalue weighted by Gasteiger charge is 2.13. The van der Waals surface area contributed by atoms with Gasteiger partial charge in [-0.2, -0.15) is 0 Å². The standard InChI is InChI=1S/C21H35N3O3/c1-2-22-21(24-13-7-15-27-20-8-4-3-5-9-20)23-12-6-14-26-18-19-10-16-25-17-11-19/h3-5,8-9,19H,2,6-7,10-18H2,1H3,(H2,22,23,24). The number of ether oxygens (including phenoxy) is 3. The first-order valence-electron chi connectivity index (χ1n) is 10.2. The van der Waals surface area contributed by atoms with E-state index in [1.165, 1.54) is 0 Å². The van der Waals surface area contributed by atoms with Crippen LogP contribution in [0.1, 0.15) is 32.6 Å². The van der Waals surface area contributed by atoms with E-state index in [-0.39, 0.29) is 0 Å². The molecule has 0 aromatic heterocycles. The van der Waals surface area contributed by atoms with E-state index in [2.05, 4.69) is 22.5 Å². The Morgan fingerprint density at radius 3 is 2.70 bits per heavy atom. The zero-order valence-electron chi connectivity index (χ0n) is 16.6. The van der Waals surface area contributed by atoms with Crippen LogP contribution in [-0.2, 0) is 9.47 Å². The second-order valence-corrected chi connectivity index (χ2v) is 6.69. The van der Waals surface area contributed by atoms with Gasteiger partial charge in [0.15, 0.2) is 5.96 Å². The van der Waals surface area contributed by atoms with E-state index in [0.717, 1.165) is 83.5 Å². The van der Waals surface area contributed by atoms with E-state index in [9.17, 15) is 0 Å². The first kappa shape index (κ1) is 21.5. The van der Waals surface area contributed by atoms with Crippen molar-refractivity contribution in [3.8, 4) is 5.75 Å². The molecule has 0 aliphatic carbocycles. The van der Waals surface area contributed by atoms with E-state index in [1.807, 2.05) is 30.3 Å². The molecule has 2 rings (SSSR count). The molecular formula is C21H35N3O3. The summed E-state index contributed by atoms with van der Waals surface area (Å²) in [5.41, 5.74) is 0. The Labute approximate surface area is 163 Å². The zero-order chi connectivity index (χ0) is 19.0. The van der Waals surface area contributed by atoms with Crippen LogP contribution in [0.25, 0.3) is 0 Å². The molecule has 0 atom stereocenters. The first-order valence-corrected chi connectivity index (χ1v) is 10.2. The molecule has 0 amide bonds. The summed E-state index contributed by atoms with van der Waals surface area (Å²) in [7, 11) is 0. The highest BCUT2D eigenvalue weighted by Crippen LogP contribution is 2.14. The first-order chi connectivity index (χ1) is 13.4. The second kappa shape index (κ2) is 14.3. The molecule has 1 fully saturated rings. The minimum atomic E-state index is 0.670. The van der Waals surface area contributed by atoms with E-state index < -0.39 is 0 Å². The number of nitrogens with one attached hydrogen (secondary N) is 2. The van der Waals surface area contributed by atoms with Crippen molar-refractivity contribution in [2.75, 3.05) is 52.7 Å². The van der Waals surface area contributed by atoms with Crippen molar-refractivity contribution in [3.05, 3.63) is 30.3 Å². The predicted octanol–water partition coefficient (Wildman–Crippen LogP) is 2.84. The van der Waals surface area contributed by atoms with Gasteiger partial charge in [0.25, 0.3) is 0 Å². The lowest BCUT2D eigenvalue weighted by Crippen LogP contribution is -2.38. The van der Waals surface area contributed by atoms with Crippen LogP contribution < -0.4 is 15.4 Å². The summed E-state index contributed by atoms with van der Waals surface area (Å²) >= 11 is 0. The van der Waals surface area contributed by atoms with Crippen molar-refractivity contribution in [1.82, 2.24) is 10.6 Å². The summed E-state index contributed by atoms with van der Waals surface area (Å²) in [4.78, 5) is 4.60. The highest BCUT2D eigenvalue weighted by atomic mass is 16.5. The van der Waals surface area contributed by atoms with Crippen molar-refractivity contribution in [2.24, 2.45) is 10.9 Å². The van der Waals surface area contributed by atoms with Gasteiger partial charge >= 0.3 is 0 Å². The summed E-state index contributed by atoms with van der Waals surface area (Å²) in [6.07, 6.45) is 4.12. The van der Waals surface area contributed by atoms with Gasteiger partial charge in [-0.15, -0.1) is 0 Å². The number of benzene rings is 1. The topological polar surface area (TPSA) is 64.1 Å². The van der Waals surface area contributed by atoms with Gasteiger partial charge in [-0.05, 0) is 44.2 Å². The van der Waals surface area contributed by atoms with Gasteiger partial charge in [0.2, 0.25) is 0 Å². The van der Waals surface area contributed by atoms with Gasteiger partial charge in [-0.3, -0.25) is 4.99 Å². The largest absolute Gasteiger partial charge is 0.494 e. The second-order valence-electron chi connectivity index (χ2n) is 6.69. The zero-order valence-corrected chi connectivity index (χ0v) is 16.6. The fourth-order valence-electron chi connectivity index (χ4n) is 2.85. The fourth-order valence-corrected chi connectivity index (χ4v) is 2.85. The monoisotopic (exact) mass is 377 g/mol. The normalized spacial score (nSPS) is 15.5. The predicted molar refractivity (Wildman–Crippen MR) is 110 cm³/mol. The summed E-state index contributed by atoms with van der Waals surface area (Å²) in [5, 5.41) is 6.64. The number of aliphatic imine (C=N–C) groups is 1. The van der Waals surface area contributed by atoms with Gasteiger partial charge in [0, 0.05) is 52.5 Å². The van der Waals surface area contributed by atoms with Gasteiger partial charge in [0.05, 0.1) is 6.61 Å². The van der Waals surface area contributed by atoms with Crippen molar-refractivity contribution < 1.29 is 14.2 Å². The number of hydrogen-bond donors (Lipinski definition) is 2. The number of hydrogen-bond acceptors (Lipinski definition) is 4. The maximum atomic E-state index is 5.80. The molecule has 1 saturated heterocycles. The Hall–Kier alpha value is -1.79. The molecule has 1 aromatic carbocycles. The molecule has 0 spiro atoms. The highest BCUT2D eigenvalue weighted by molar-refractivity contribution is 5.79. The summed E-state index contributed by atoms with van der Waals surface area (Å²) in [6, 6.07) is 9.89. The van der Waals surface area contributed by atoms with Crippen molar-refractivity contribution in [1.29, 1.82) is 0 Å². The van der Waals surface area contributed by atoms with Gasteiger partial charge in [-0.25, -0.2) is 0 Å². The quantitative estimate of drug-likeness (QED) is 0.333. The molecule has 0 radical (unpaired) electrons. The van der Waals surface area contributed by atoms with Crippen LogP contribution in [0.5, 0.6) is 5.75 Å². The minimum absolute atomic E-state index is 0.670. The van der Waals surface area contributed by atoms with Crippen molar-refractivity contribution in [3.63, 3.8) is 0 Å². The lowest BCUT2D eigenvalue weighted by Gasteiger charge is -2.21. The molecular weight excluding hydrogens is 342 g/mol. The Balaban J connectivity index is 1.50. The van der Waals surface area contributed by atoms with Crippen LogP contribution in [0.2, 0.25) is 0 Å². The SMILES string of the molecule is CCNC(=NCCCOc1ccccc1)NCCCOCC1CCOCC1. The average Bonchev–Trinajstić information content (AvgIpc) is 2.71.